The first-order chi connectivity index (χ1) is 11.4. The minimum Gasteiger partial charge on any atom is -0.480 e. The van der Waals surface area contributed by atoms with Crippen molar-refractivity contribution in [1.82, 2.24) is 5.32 Å². The lowest BCUT2D eigenvalue weighted by atomic mass is 10.1. The summed E-state index contributed by atoms with van der Waals surface area (Å²) in [6.07, 6.45) is -0.169. The van der Waals surface area contributed by atoms with Gasteiger partial charge in [-0.1, -0.05) is 23.7 Å². The van der Waals surface area contributed by atoms with Crippen molar-refractivity contribution in [2.45, 2.75) is 18.9 Å². The third-order valence-corrected chi connectivity index (χ3v) is 4.57. The predicted molar refractivity (Wildman–Crippen MR) is 92.1 cm³/mol. The number of amides is 2. The van der Waals surface area contributed by atoms with E-state index in [1.54, 1.807) is 30.3 Å². The van der Waals surface area contributed by atoms with Gasteiger partial charge in [-0.25, -0.2) is 4.79 Å². The Morgan fingerprint density at radius 1 is 1.17 bits per heavy atom. The first-order valence-electron chi connectivity index (χ1n) is 7.04. The van der Waals surface area contributed by atoms with Gasteiger partial charge in [-0.05, 0) is 36.2 Å². The fraction of sp³-hybridized carbons (Fsp3) is 0.188. The fourth-order valence-corrected chi connectivity index (χ4v) is 3.09. The lowest BCUT2D eigenvalue weighted by molar-refractivity contribution is -0.139. The molecule has 24 heavy (non-hydrogen) atoms. The lowest BCUT2D eigenvalue weighted by Gasteiger charge is -2.13. The topological polar surface area (TPSA) is 109 Å². The van der Waals surface area contributed by atoms with E-state index in [4.69, 9.17) is 22.4 Å². The molecule has 2 rings (SSSR count). The Hall–Kier alpha value is -2.38. The zero-order chi connectivity index (χ0) is 17.7. The van der Waals surface area contributed by atoms with Crippen LogP contribution in [-0.2, 0) is 9.59 Å². The zero-order valence-corrected chi connectivity index (χ0v) is 14.1. The van der Waals surface area contributed by atoms with Crippen LogP contribution >= 0.6 is 22.9 Å². The smallest absolute Gasteiger partial charge is 0.326 e. The number of hydrogen-bond acceptors (Lipinski definition) is 4. The van der Waals surface area contributed by atoms with Gasteiger partial charge in [0, 0.05) is 16.9 Å². The minimum atomic E-state index is -1.21. The molecule has 4 N–H and O–H groups in total. The number of carboxylic acids is 1. The van der Waals surface area contributed by atoms with E-state index in [2.05, 4.69) is 5.32 Å². The maximum atomic E-state index is 12.1. The summed E-state index contributed by atoms with van der Waals surface area (Å²) in [4.78, 5) is 35.0. The maximum Gasteiger partial charge on any atom is 0.326 e. The average Bonchev–Trinajstić information content (AvgIpc) is 2.97. The van der Waals surface area contributed by atoms with Gasteiger partial charge in [-0.15, -0.1) is 11.3 Å². The molecule has 2 aromatic rings. The van der Waals surface area contributed by atoms with Crippen molar-refractivity contribution in [2.24, 2.45) is 5.73 Å². The van der Waals surface area contributed by atoms with Crippen LogP contribution < -0.4 is 11.1 Å². The Bertz CT molecular complexity index is 758. The van der Waals surface area contributed by atoms with Crippen molar-refractivity contribution in [2.75, 3.05) is 0 Å². The van der Waals surface area contributed by atoms with E-state index < -0.39 is 23.8 Å². The van der Waals surface area contributed by atoms with Gasteiger partial charge in [0.1, 0.15) is 6.04 Å². The molecule has 0 fully saturated rings. The van der Waals surface area contributed by atoms with Crippen molar-refractivity contribution in [3.63, 3.8) is 0 Å². The van der Waals surface area contributed by atoms with Gasteiger partial charge < -0.3 is 16.2 Å². The van der Waals surface area contributed by atoms with Crippen LogP contribution in [0.4, 0.5) is 0 Å². The Morgan fingerprint density at radius 3 is 2.33 bits per heavy atom. The first kappa shape index (κ1) is 18.0. The number of hydrogen-bond donors (Lipinski definition) is 3. The molecule has 1 aromatic heterocycles. The number of thiophene rings is 1. The highest BCUT2D eigenvalue weighted by atomic mass is 35.5. The van der Waals surface area contributed by atoms with E-state index >= 15 is 0 Å². The Morgan fingerprint density at radius 2 is 1.83 bits per heavy atom. The molecule has 0 aliphatic heterocycles. The molecule has 0 saturated carbocycles. The van der Waals surface area contributed by atoms with Gasteiger partial charge in [0.2, 0.25) is 5.91 Å². The van der Waals surface area contributed by atoms with E-state index in [-0.39, 0.29) is 12.8 Å². The van der Waals surface area contributed by atoms with E-state index in [0.717, 1.165) is 10.4 Å². The summed E-state index contributed by atoms with van der Waals surface area (Å²) < 4.78 is 0.672. The van der Waals surface area contributed by atoms with Crippen LogP contribution in [0.3, 0.4) is 0 Å². The van der Waals surface area contributed by atoms with Crippen LogP contribution in [0, 0.1) is 0 Å². The standard InChI is InChI=1S/C16H15ClN2O4S/c17-13-7-6-12(24-13)9-1-3-10(4-2-9)15(21)19-11(16(22)23)5-8-14(18)20/h1-4,6-7,11H,5,8H2,(H2,18,20)(H,19,21)(H,22,23)/t11-/m0/s1. The molecule has 8 heteroatoms. The van der Waals surface area contributed by atoms with E-state index in [1.165, 1.54) is 11.3 Å². The molecule has 1 atom stereocenters. The van der Waals surface area contributed by atoms with Crippen LogP contribution in [0.5, 0.6) is 0 Å². The molecule has 0 aliphatic carbocycles. The third-order valence-electron chi connectivity index (χ3n) is 3.29. The number of carboxylic acid groups (broad SMARTS) is 1. The number of nitrogens with one attached hydrogen (secondary N) is 1. The number of rotatable bonds is 7. The molecular weight excluding hydrogens is 352 g/mol. The molecule has 1 aromatic carbocycles. The second kappa shape index (κ2) is 7.94. The number of aliphatic carboxylic acids is 1. The summed E-state index contributed by atoms with van der Waals surface area (Å²) in [6, 6.07) is 9.23. The van der Waals surface area contributed by atoms with Crippen molar-refractivity contribution in [3.05, 3.63) is 46.3 Å². The molecule has 0 aliphatic rings. The largest absolute Gasteiger partial charge is 0.480 e. The van der Waals surface area contributed by atoms with Gasteiger partial charge in [0.05, 0.1) is 4.34 Å². The normalized spacial score (nSPS) is 11.7. The van der Waals surface area contributed by atoms with Gasteiger partial charge in [-0.3, -0.25) is 9.59 Å². The highest BCUT2D eigenvalue weighted by Gasteiger charge is 2.21. The second-order valence-corrected chi connectivity index (χ2v) is 6.77. The number of halogens is 1. The minimum absolute atomic E-state index is 0.0534. The number of carbonyl (C=O) groups is 3. The Labute approximate surface area is 147 Å². The van der Waals surface area contributed by atoms with Crippen LogP contribution in [0.1, 0.15) is 23.2 Å². The van der Waals surface area contributed by atoms with Crippen molar-refractivity contribution in [1.29, 1.82) is 0 Å². The summed E-state index contributed by atoms with van der Waals surface area (Å²) in [7, 11) is 0. The number of nitrogens with two attached hydrogens (primary N) is 1. The maximum absolute atomic E-state index is 12.1. The summed E-state index contributed by atoms with van der Waals surface area (Å²) in [6.45, 7) is 0. The van der Waals surface area contributed by atoms with Crippen LogP contribution in [0.25, 0.3) is 10.4 Å². The van der Waals surface area contributed by atoms with Gasteiger partial charge >= 0.3 is 5.97 Å². The SMILES string of the molecule is NC(=O)CC[C@H](NC(=O)c1ccc(-c2ccc(Cl)s2)cc1)C(=O)O. The van der Waals surface area contributed by atoms with E-state index in [9.17, 15) is 14.4 Å². The molecular formula is C16H15ClN2O4S. The lowest BCUT2D eigenvalue weighted by Crippen LogP contribution is -2.41. The summed E-state index contributed by atoms with van der Waals surface area (Å²) in [5.74, 6) is -2.36. The molecule has 2 amide bonds. The fourth-order valence-electron chi connectivity index (χ4n) is 2.04. The molecule has 0 bridgehead atoms. The van der Waals surface area contributed by atoms with E-state index in [0.29, 0.717) is 9.90 Å². The molecule has 6 nitrogen and oxygen atoms in total. The molecule has 0 radical (unpaired) electrons. The molecule has 0 unspecified atom stereocenters. The number of carbonyl (C=O) groups excluding carboxylic acids is 2. The van der Waals surface area contributed by atoms with Gasteiger partial charge in [0.25, 0.3) is 5.91 Å². The number of primary amides is 1. The zero-order valence-electron chi connectivity index (χ0n) is 12.5. The predicted octanol–water partition coefficient (Wildman–Crippen LogP) is 2.52. The second-order valence-electron chi connectivity index (χ2n) is 5.05. The van der Waals surface area contributed by atoms with Crippen molar-refractivity contribution >= 4 is 40.7 Å². The Kier molecular flexibility index (Phi) is 5.94. The van der Waals surface area contributed by atoms with E-state index in [1.807, 2.05) is 6.07 Å². The van der Waals surface area contributed by atoms with Crippen LogP contribution in [-0.4, -0.2) is 28.9 Å². The molecule has 0 saturated heterocycles. The van der Waals surface area contributed by atoms with Crippen LogP contribution in [0.15, 0.2) is 36.4 Å². The first-order valence-corrected chi connectivity index (χ1v) is 8.24. The molecule has 0 spiro atoms. The van der Waals surface area contributed by atoms with Crippen LogP contribution in [0.2, 0.25) is 4.34 Å². The summed E-state index contributed by atoms with van der Waals surface area (Å²) >= 11 is 7.32. The number of benzene rings is 1. The average molecular weight is 367 g/mol. The highest BCUT2D eigenvalue weighted by Crippen LogP contribution is 2.30. The summed E-state index contributed by atoms with van der Waals surface area (Å²) in [5.41, 5.74) is 6.24. The molecule has 1 heterocycles. The van der Waals surface area contributed by atoms with Gasteiger partial charge in [-0.2, -0.15) is 0 Å². The Balaban J connectivity index is 2.05. The van der Waals surface area contributed by atoms with Crippen molar-refractivity contribution in [3.8, 4) is 10.4 Å². The monoisotopic (exact) mass is 366 g/mol. The third kappa shape index (κ3) is 4.81. The van der Waals surface area contributed by atoms with Gasteiger partial charge in [0.15, 0.2) is 0 Å². The van der Waals surface area contributed by atoms with Crippen molar-refractivity contribution < 1.29 is 19.5 Å². The summed E-state index contributed by atoms with van der Waals surface area (Å²) in [5, 5.41) is 11.5. The quantitative estimate of drug-likeness (QED) is 0.699. The molecule has 126 valence electrons. The highest BCUT2D eigenvalue weighted by molar-refractivity contribution is 7.19.